The Balaban J connectivity index is -0.0000000314. The third-order valence-corrected chi connectivity index (χ3v) is 0.633. The van der Waals surface area contributed by atoms with Crippen LogP contribution in [-0.4, -0.2) is 40.8 Å². The van der Waals surface area contributed by atoms with Gasteiger partial charge in [-0.15, -0.1) is 6.58 Å². The summed E-state index contributed by atoms with van der Waals surface area (Å²) < 4.78 is 0. The van der Waals surface area contributed by atoms with Crippen molar-refractivity contribution < 1.29 is 94.6 Å². The molecule has 0 heterocycles. The smallest absolute Gasteiger partial charge is 0.550 e. The minimum Gasteiger partial charge on any atom is -0.550 e. The van der Waals surface area contributed by atoms with Crippen LogP contribution in [0.5, 0.6) is 0 Å². The molecule has 9 heteroatoms. The van der Waals surface area contributed by atoms with E-state index in [4.69, 9.17) is 10.2 Å². The Kier molecular flexibility index (Phi) is 72.6. The third-order valence-electron chi connectivity index (χ3n) is 0.633. The molecule has 0 aliphatic rings. The van der Waals surface area contributed by atoms with Crippen molar-refractivity contribution in [3.8, 4) is 0 Å². The first-order valence-corrected chi connectivity index (χ1v) is 4.14. The van der Waals surface area contributed by atoms with Gasteiger partial charge in [-0.3, -0.25) is 0 Å². The summed E-state index contributed by atoms with van der Waals surface area (Å²) in [6.45, 7) is 5.00. The Morgan fingerprint density at radius 3 is 1.28 bits per heavy atom. The maximum Gasteiger partial charge on any atom is 1.00 e. The van der Waals surface area contributed by atoms with Crippen LogP contribution in [0.2, 0.25) is 0 Å². The van der Waals surface area contributed by atoms with Gasteiger partial charge < -0.3 is 35.5 Å². The van der Waals surface area contributed by atoms with Crippen molar-refractivity contribution in [3.63, 3.8) is 0 Å². The summed E-state index contributed by atoms with van der Waals surface area (Å²) in [5.74, 6) is -2.73. The first kappa shape index (κ1) is 36.3. The predicted octanol–water partition coefficient (Wildman–Crippen LogP) is -9.39. The predicted molar refractivity (Wildman–Crippen MR) is 52.9 cm³/mol. The van der Waals surface area contributed by atoms with Gasteiger partial charge in [-0.1, -0.05) is 6.08 Å². The molecule has 0 bridgehead atoms. The van der Waals surface area contributed by atoms with Gasteiger partial charge in [0.15, 0.2) is 0 Å². The molecule has 0 radical (unpaired) electrons. The van der Waals surface area contributed by atoms with Gasteiger partial charge in [0.25, 0.3) is 0 Å². The van der Waals surface area contributed by atoms with E-state index >= 15 is 0 Å². The van der Waals surface area contributed by atoms with E-state index in [1.165, 1.54) is 0 Å². The fourth-order valence-electron chi connectivity index (χ4n) is 0.204. The molecule has 0 unspecified atom stereocenters. The summed E-state index contributed by atoms with van der Waals surface area (Å²) in [6.07, 6.45) is 0.810. The van der Waals surface area contributed by atoms with Gasteiger partial charge >= 0.3 is 59.1 Å². The van der Waals surface area contributed by atoms with Crippen LogP contribution >= 0.6 is 0 Å². The van der Waals surface area contributed by atoms with Gasteiger partial charge in [0, 0.05) is 11.9 Å². The summed E-state index contributed by atoms with van der Waals surface area (Å²) in [5.41, 5.74) is 0. The molecule has 98 valence electrons. The van der Waals surface area contributed by atoms with Crippen LogP contribution in [0.3, 0.4) is 0 Å². The van der Waals surface area contributed by atoms with E-state index in [9.17, 15) is 19.8 Å². The van der Waals surface area contributed by atoms with Crippen LogP contribution in [0.4, 0.5) is 0 Å². The van der Waals surface area contributed by atoms with Crippen molar-refractivity contribution in [2.24, 2.45) is 0 Å². The maximum absolute atomic E-state index is 9.50. The minimum atomic E-state index is -1.37. The topological polar surface area (TPSA) is 152 Å². The molecular weight excluding hydrogens is 266 g/mol. The van der Waals surface area contributed by atoms with Crippen LogP contribution in [0, 0.1) is 0 Å². The number of hydrogen-bond donors (Lipinski definition) is 2. The maximum atomic E-state index is 9.50. The number of rotatable bonds is 4. The molecule has 0 aliphatic heterocycles. The van der Waals surface area contributed by atoms with Crippen LogP contribution in [-0.2, 0) is 9.59 Å². The Morgan fingerprint density at radius 2 is 1.22 bits per heavy atom. The molecule has 4 N–H and O–H groups in total. The molecule has 0 aromatic rings. The molecular formula is C9H18Na2O7. The zero-order chi connectivity index (χ0) is 12.7. The third kappa shape index (κ3) is 93.2. The van der Waals surface area contributed by atoms with Crippen molar-refractivity contribution in [1.82, 2.24) is 0 Å². The summed E-state index contributed by atoms with van der Waals surface area (Å²) in [5, 5.41) is 34.3. The summed E-state index contributed by atoms with van der Waals surface area (Å²) in [4.78, 5) is 19.0. The van der Waals surface area contributed by atoms with Gasteiger partial charge in [-0.25, -0.2) is 0 Å². The van der Waals surface area contributed by atoms with E-state index in [-0.39, 0.29) is 77.8 Å². The van der Waals surface area contributed by atoms with E-state index in [1.807, 2.05) is 6.92 Å². The number of aliphatic carboxylic acids is 2. The second-order valence-corrected chi connectivity index (χ2v) is 2.10. The van der Waals surface area contributed by atoms with E-state index in [0.717, 1.165) is 0 Å². The Labute approximate surface area is 151 Å². The number of aliphatic hydroxyl groups is 2. The molecule has 18 heavy (non-hydrogen) atoms. The number of carbonyl (C=O) groups is 2. The molecule has 0 amide bonds. The van der Waals surface area contributed by atoms with Crippen LogP contribution in [0.25, 0.3) is 0 Å². The number of aliphatic hydroxyl groups excluding tert-OH is 2. The van der Waals surface area contributed by atoms with Gasteiger partial charge in [0.2, 0.25) is 0 Å². The summed E-state index contributed by atoms with van der Waals surface area (Å²) in [7, 11) is 0. The molecule has 0 aromatic carbocycles. The molecule has 7 nitrogen and oxygen atoms in total. The molecule has 0 saturated carbocycles. The Bertz CT molecular complexity index is 160. The number of allylic oxidation sites excluding steroid dienone is 1. The van der Waals surface area contributed by atoms with Crippen molar-refractivity contribution in [2.45, 2.75) is 19.8 Å². The van der Waals surface area contributed by atoms with E-state index < -0.39 is 24.8 Å². The number of carboxylic acids is 2. The Morgan fingerprint density at radius 1 is 1.06 bits per heavy atom. The second kappa shape index (κ2) is 36.0. The monoisotopic (exact) mass is 284 g/mol. The number of carboxylic acid groups (broad SMARTS) is 2. The fraction of sp³-hybridized carbons (Fsp3) is 0.556. The normalized spacial score (nSPS) is 6.17. The zero-order valence-electron chi connectivity index (χ0n) is 11.1. The van der Waals surface area contributed by atoms with Gasteiger partial charge in [-0.2, -0.15) is 0 Å². The van der Waals surface area contributed by atoms with Crippen LogP contribution in [0.1, 0.15) is 19.8 Å². The van der Waals surface area contributed by atoms with E-state index in [0.29, 0.717) is 0 Å². The number of hydrogen-bond acceptors (Lipinski definition) is 6. The van der Waals surface area contributed by atoms with Crippen molar-refractivity contribution in [3.05, 3.63) is 12.7 Å². The first-order valence-electron chi connectivity index (χ1n) is 4.14. The van der Waals surface area contributed by atoms with Crippen molar-refractivity contribution >= 4 is 11.9 Å². The van der Waals surface area contributed by atoms with Gasteiger partial charge in [0.05, 0.1) is 13.2 Å². The molecule has 0 saturated heterocycles. The van der Waals surface area contributed by atoms with Crippen molar-refractivity contribution in [1.29, 1.82) is 0 Å². The largest absolute Gasteiger partial charge is 1.00 e. The standard InChI is InChI=1S/C4H6O4.C3H6.C2H6O2.2Na.H2O/c5-3(6)1-2-4(7)8;1-3-2;3-1-2-4;;;/h1-2H2,(H,5,6)(H,7,8);3H,1H2,2H3;3-4H,1-2H2;;;1H2/q;;;2*+1;/p-2. The molecule has 0 spiro atoms. The zero-order valence-corrected chi connectivity index (χ0v) is 15.1. The molecule has 0 atom stereocenters. The van der Waals surface area contributed by atoms with Crippen LogP contribution in [0.15, 0.2) is 12.7 Å². The number of carbonyl (C=O) groups excluding carboxylic acids is 2. The fourth-order valence-corrected chi connectivity index (χ4v) is 0.204. The second-order valence-electron chi connectivity index (χ2n) is 2.10. The average Bonchev–Trinajstić information content (AvgIpc) is 2.16. The average molecular weight is 284 g/mol. The quantitative estimate of drug-likeness (QED) is 0.386. The SMILES string of the molecule is C=CC.O.O=C([O-])CCC(=O)[O-].OCCO.[Na+].[Na+]. The van der Waals surface area contributed by atoms with E-state index in [1.54, 1.807) is 6.08 Å². The minimum absolute atomic E-state index is 0. The Hall–Kier alpha value is 0.560. The summed E-state index contributed by atoms with van der Waals surface area (Å²) in [6, 6.07) is 0. The molecule has 0 aromatic heterocycles. The van der Waals surface area contributed by atoms with Crippen molar-refractivity contribution in [2.75, 3.05) is 13.2 Å². The van der Waals surface area contributed by atoms with Crippen LogP contribution < -0.4 is 69.3 Å². The van der Waals surface area contributed by atoms with Gasteiger partial charge in [0.1, 0.15) is 0 Å². The first-order chi connectivity index (χ1) is 6.95. The molecule has 0 rings (SSSR count). The van der Waals surface area contributed by atoms with Gasteiger partial charge in [-0.05, 0) is 19.8 Å². The summed E-state index contributed by atoms with van der Waals surface area (Å²) >= 11 is 0. The van der Waals surface area contributed by atoms with E-state index in [2.05, 4.69) is 6.58 Å². The molecule has 0 fully saturated rings. The molecule has 0 aliphatic carbocycles.